The van der Waals surface area contributed by atoms with Crippen LogP contribution in [0.4, 0.5) is 0 Å². The molecule has 1 aliphatic heterocycles. The van der Waals surface area contributed by atoms with Crippen LogP contribution < -0.4 is 5.32 Å². The number of likely N-dealkylation sites (N-methyl/N-ethyl adjacent to an activating group) is 1. The number of hydrogen-bond donors (Lipinski definition) is 1. The number of benzene rings is 1. The van der Waals surface area contributed by atoms with Gasteiger partial charge < -0.3 is 14.8 Å². The van der Waals surface area contributed by atoms with E-state index in [2.05, 4.69) is 49.5 Å². The van der Waals surface area contributed by atoms with E-state index in [1.807, 2.05) is 0 Å². The van der Waals surface area contributed by atoms with Crippen molar-refractivity contribution in [1.82, 2.24) is 5.32 Å². The molecule has 1 aromatic rings. The molecule has 3 heteroatoms. The Morgan fingerprint density at radius 3 is 2.70 bits per heavy atom. The molecule has 3 atom stereocenters. The van der Waals surface area contributed by atoms with Gasteiger partial charge in [-0.25, -0.2) is 0 Å². The minimum Gasteiger partial charge on any atom is -0.381 e. The van der Waals surface area contributed by atoms with Crippen LogP contribution in [0.2, 0.25) is 0 Å². The Morgan fingerprint density at radius 2 is 2.10 bits per heavy atom. The Morgan fingerprint density at radius 1 is 1.30 bits per heavy atom. The van der Waals surface area contributed by atoms with Crippen molar-refractivity contribution in [3.05, 3.63) is 35.9 Å². The summed E-state index contributed by atoms with van der Waals surface area (Å²) in [7, 11) is 0. The lowest BCUT2D eigenvalue weighted by Gasteiger charge is -2.28. The average molecular weight is 277 g/mol. The van der Waals surface area contributed by atoms with Gasteiger partial charge in [0.05, 0.1) is 25.4 Å². The van der Waals surface area contributed by atoms with Crippen LogP contribution in [-0.4, -0.2) is 32.5 Å². The zero-order chi connectivity index (χ0) is 14.2. The van der Waals surface area contributed by atoms with Crippen LogP contribution in [0.25, 0.3) is 0 Å². The average Bonchev–Trinajstić information content (AvgIpc) is 3.01. The van der Waals surface area contributed by atoms with E-state index in [1.54, 1.807) is 0 Å². The summed E-state index contributed by atoms with van der Waals surface area (Å²) in [6, 6.07) is 10.9. The first kappa shape index (κ1) is 15.5. The Hall–Kier alpha value is -0.900. The molecule has 1 N–H and O–H groups in total. The summed E-state index contributed by atoms with van der Waals surface area (Å²) >= 11 is 0. The maximum Gasteiger partial charge on any atom is 0.0767 e. The zero-order valence-corrected chi connectivity index (χ0v) is 12.7. The van der Waals surface area contributed by atoms with Gasteiger partial charge in [0.2, 0.25) is 0 Å². The second-order valence-corrected chi connectivity index (χ2v) is 5.46. The summed E-state index contributed by atoms with van der Waals surface area (Å²) in [4.78, 5) is 0. The molecule has 0 spiro atoms. The smallest absolute Gasteiger partial charge is 0.0767 e. The molecule has 0 aliphatic carbocycles. The van der Waals surface area contributed by atoms with Gasteiger partial charge in [0.15, 0.2) is 0 Å². The fourth-order valence-electron chi connectivity index (χ4n) is 2.77. The van der Waals surface area contributed by atoms with E-state index in [-0.39, 0.29) is 12.1 Å². The Balaban J connectivity index is 1.97. The first-order valence-corrected chi connectivity index (χ1v) is 7.82. The summed E-state index contributed by atoms with van der Waals surface area (Å²) in [5.41, 5.74) is 1.31. The first-order valence-electron chi connectivity index (χ1n) is 7.82. The molecular weight excluding hydrogens is 250 g/mol. The van der Waals surface area contributed by atoms with Crippen molar-refractivity contribution in [2.45, 2.75) is 38.8 Å². The molecule has 112 valence electrons. The molecule has 0 amide bonds. The largest absolute Gasteiger partial charge is 0.381 e. The van der Waals surface area contributed by atoms with E-state index >= 15 is 0 Å². The zero-order valence-electron chi connectivity index (χ0n) is 12.7. The summed E-state index contributed by atoms with van der Waals surface area (Å²) in [5.74, 6) is 0.571. The van der Waals surface area contributed by atoms with Gasteiger partial charge in [0.1, 0.15) is 0 Å². The van der Waals surface area contributed by atoms with Gasteiger partial charge in [0, 0.05) is 12.5 Å². The van der Waals surface area contributed by atoms with Gasteiger partial charge in [-0.1, -0.05) is 44.2 Å². The van der Waals surface area contributed by atoms with Crippen LogP contribution in [0.15, 0.2) is 30.3 Å². The predicted molar refractivity (Wildman–Crippen MR) is 81.8 cm³/mol. The first-order chi connectivity index (χ1) is 9.85. The van der Waals surface area contributed by atoms with E-state index in [9.17, 15) is 0 Å². The molecule has 1 aromatic carbocycles. The van der Waals surface area contributed by atoms with Gasteiger partial charge in [-0.05, 0) is 24.9 Å². The van der Waals surface area contributed by atoms with Crippen molar-refractivity contribution in [3.8, 4) is 0 Å². The quantitative estimate of drug-likeness (QED) is 0.791. The van der Waals surface area contributed by atoms with Crippen molar-refractivity contribution in [1.29, 1.82) is 0 Å². The monoisotopic (exact) mass is 277 g/mol. The molecule has 0 aromatic heterocycles. The second kappa shape index (κ2) is 8.40. The molecule has 3 nitrogen and oxygen atoms in total. The lowest BCUT2D eigenvalue weighted by molar-refractivity contribution is 0.00174. The van der Waals surface area contributed by atoms with Gasteiger partial charge in [-0.2, -0.15) is 0 Å². The number of rotatable bonds is 8. The third-order valence-corrected chi connectivity index (χ3v) is 3.93. The molecule has 0 saturated carbocycles. The molecule has 20 heavy (non-hydrogen) atoms. The van der Waals surface area contributed by atoms with Gasteiger partial charge >= 0.3 is 0 Å². The minimum atomic E-state index is 0.220. The highest BCUT2D eigenvalue weighted by Gasteiger charge is 2.24. The maximum absolute atomic E-state index is 6.20. The van der Waals surface area contributed by atoms with Gasteiger partial charge in [0.25, 0.3) is 0 Å². The molecule has 1 heterocycles. The molecule has 2 rings (SSSR count). The van der Waals surface area contributed by atoms with E-state index in [0.29, 0.717) is 5.92 Å². The fraction of sp³-hybridized carbons (Fsp3) is 0.647. The molecule has 0 bridgehead atoms. The van der Waals surface area contributed by atoms with Crippen molar-refractivity contribution in [3.63, 3.8) is 0 Å². The maximum atomic E-state index is 6.20. The normalized spacial score (nSPS) is 21.8. The number of nitrogens with one attached hydrogen (secondary N) is 1. The van der Waals surface area contributed by atoms with Crippen molar-refractivity contribution < 1.29 is 9.47 Å². The van der Waals surface area contributed by atoms with Crippen LogP contribution in [-0.2, 0) is 9.47 Å². The Labute approximate surface area is 122 Å². The standard InChI is InChI=1S/C17H27NO2/c1-3-16(20-13-14-10-11-19-12-14)17(18-4-2)15-8-6-5-7-9-15/h5-9,14,16-18H,3-4,10-13H2,1-2H3. The van der Waals surface area contributed by atoms with Crippen LogP contribution in [0.1, 0.15) is 38.3 Å². The summed E-state index contributed by atoms with van der Waals surface area (Å²) < 4.78 is 11.6. The van der Waals surface area contributed by atoms with Crippen LogP contribution in [0, 0.1) is 5.92 Å². The molecule has 3 unspecified atom stereocenters. The van der Waals surface area contributed by atoms with Crippen molar-refractivity contribution in [2.75, 3.05) is 26.4 Å². The summed E-state index contributed by atoms with van der Waals surface area (Å²) in [6.07, 6.45) is 2.37. The van der Waals surface area contributed by atoms with Crippen molar-refractivity contribution >= 4 is 0 Å². The van der Waals surface area contributed by atoms with E-state index < -0.39 is 0 Å². The molecule has 0 radical (unpaired) electrons. The minimum absolute atomic E-state index is 0.220. The Bertz CT molecular complexity index is 363. The highest BCUT2D eigenvalue weighted by Crippen LogP contribution is 2.23. The third kappa shape index (κ3) is 4.30. The highest BCUT2D eigenvalue weighted by atomic mass is 16.5. The number of ether oxygens (including phenoxy) is 2. The fourth-order valence-corrected chi connectivity index (χ4v) is 2.77. The van der Waals surface area contributed by atoms with Crippen LogP contribution >= 0.6 is 0 Å². The highest BCUT2D eigenvalue weighted by molar-refractivity contribution is 5.20. The summed E-state index contributed by atoms with van der Waals surface area (Å²) in [6.45, 7) is 7.85. The Kier molecular flexibility index (Phi) is 6.51. The van der Waals surface area contributed by atoms with Gasteiger partial charge in [-0.3, -0.25) is 0 Å². The predicted octanol–water partition coefficient (Wildman–Crippen LogP) is 3.17. The van der Waals surface area contributed by atoms with E-state index in [4.69, 9.17) is 9.47 Å². The lowest BCUT2D eigenvalue weighted by Crippen LogP contribution is -2.34. The molecule has 1 saturated heterocycles. The second-order valence-electron chi connectivity index (χ2n) is 5.46. The molecular formula is C17H27NO2. The van der Waals surface area contributed by atoms with E-state index in [0.717, 1.165) is 39.2 Å². The lowest BCUT2D eigenvalue weighted by atomic mass is 9.99. The van der Waals surface area contributed by atoms with Crippen LogP contribution in [0.3, 0.4) is 0 Å². The third-order valence-electron chi connectivity index (χ3n) is 3.93. The topological polar surface area (TPSA) is 30.5 Å². The van der Waals surface area contributed by atoms with E-state index in [1.165, 1.54) is 5.56 Å². The number of hydrogen-bond acceptors (Lipinski definition) is 3. The van der Waals surface area contributed by atoms with Gasteiger partial charge in [-0.15, -0.1) is 0 Å². The SMILES string of the molecule is CCNC(c1ccccc1)C(CC)OCC1CCOC1. The van der Waals surface area contributed by atoms with Crippen molar-refractivity contribution in [2.24, 2.45) is 5.92 Å². The molecule has 1 aliphatic rings. The van der Waals surface area contributed by atoms with Crippen LogP contribution in [0.5, 0.6) is 0 Å². The summed E-state index contributed by atoms with van der Waals surface area (Å²) in [5, 5.41) is 3.57. The molecule has 1 fully saturated rings.